The minimum Gasteiger partial charge on any atom is -0.481 e. The van der Waals surface area contributed by atoms with E-state index in [0.29, 0.717) is 30.4 Å². The first-order valence-corrected chi connectivity index (χ1v) is 10.2. The van der Waals surface area contributed by atoms with E-state index in [4.69, 9.17) is 16.3 Å². The zero-order chi connectivity index (χ0) is 20.5. The van der Waals surface area contributed by atoms with Gasteiger partial charge in [0.25, 0.3) is 5.91 Å². The Morgan fingerprint density at radius 1 is 1.21 bits per heavy atom. The molecule has 1 amide bonds. The minimum atomic E-state index is -0.551. The van der Waals surface area contributed by atoms with Crippen molar-refractivity contribution in [2.45, 2.75) is 45.6 Å². The molecule has 0 bridgehead atoms. The number of amides is 1. The number of likely N-dealkylation sites (tertiary alicyclic amines) is 1. The van der Waals surface area contributed by atoms with Crippen molar-refractivity contribution in [2.24, 2.45) is 0 Å². The van der Waals surface area contributed by atoms with Crippen LogP contribution in [0, 0.1) is 13.8 Å². The van der Waals surface area contributed by atoms with E-state index in [1.54, 1.807) is 19.3 Å². The summed E-state index contributed by atoms with van der Waals surface area (Å²) < 4.78 is 5.92. The maximum atomic E-state index is 12.9. The van der Waals surface area contributed by atoms with Crippen molar-refractivity contribution in [1.82, 2.24) is 25.1 Å². The van der Waals surface area contributed by atoms with Crippen LogP contribution >= 0.6 is 11.6 Å². The van der Waals surface area contributed by atoms with Crippen LogP contribution in [-0.2, 0) is 4.79 Å². The van der Waals surface area contributed by atoms with Crippen LogP contribution in [0.3, 0.4) is 0 Å². The Kier molecular flexibility index (Phi) is 5.41. The smallest absolute Gasteiger partial charge is 0.263 e. The third-order valence-corrected chi connectivity index (χ3v) is 6.10. The number of piperidine rings is 1. The van der Waals surface area contributed by atoms with Gasteiger partial charge in [0.15, 0.2) is 11.8 Å². The van der Waals surface area contributed by atoms with E-state index in [0.717, 1.165) is 40.2 Å². The Labute approximate surface area is 174 Å². The van der Waals surface area contributed by atoms with Gasteiger partial charge in [0.1, 0.15) is 11.3 Å². The number of hydrogen-bond donors (Lipinski definition) is 1. The summed E-state index contributed by atoms with van der Waals surface area (Å²) in [6, 6.07) is 3.74. The van der Waals surface area contributed by atoms with Gasteiger partial charge in [-0.3, -0.25) is 9.89 Å². The Morgan fingerprint density at radius 2 is 1.86 bits per heavy atom. The van der Waals surface area contributed by atoms with Crippen molar-refractivity contribution in [3.63, 3.8) is 0 Å². The molecule has 0 saturated carbocycles. The number of halogens is 1. The lowest BCUT2D eigenvalue weighted by Gasteiger charge is -2.33. The van der Waals surface area contributed by atoms with Crippen molar-refractivity contribution >= 4 is 28.7 Å². The maximum Gasteiger partial charge on any atom is 0.263 e. The molecule has 0 unspecified atom stereocenters. The molecule has 1 N–H and O–H groups in total. The Bertz CT molecular complexity index is 1020. The fourth-order valence-corrected chi connectivity index (χ4v) is 4.04. The molecule has 0 spiro atoms. The summed E-state index contributed by atoms with van der Waals surface area (Å²) in [6.45, 7) is 7.02. The van der Waals surface area contributed by atoms with E-state index in [2.05, 4.69) is 20.2 Å². The molecule has 3 heterocycles. The van der Waals surface area contributed by atoms with Crippen molar-refractivity contribution in [2.75, 3.05) is 13.1 Å². The number of carbonyl (C=O) groups is 1. The van der Waals surface area contributed by atoms with Crippen LogP contribution in [0.2, 0.25) is 5.02 Å². The molecule has 4 rings (SSSR count). The van der Waals surface area contributed by atoms with Gasteiger partial charge < -0.3 is 9.64 Å². The quantitative estimate of drug-likeness (QED) is 0.703. The minimum absolute atomic E-state index is 0.00275. The summed E-state index contributed by atoms with van der Waals surface area (Å²) in [5.74, 6) is 0.962. The Hall–Kier alpha value is -2.67. The summed E-state index contributed by atoms with van der Waals surface area (Å²) in [5, 5.41) is 8.05. The molecular formula is C21H24ClN5O2. The molecule has 1 atom stereocenters. The van der Waals surface area contributed by atoms with Crippen LogP contribution < -0.4 is 4.74 Å². The number of hydrogen-bond acceptors (Lipinski definition) is 5. The SMILES string of the molecule is Cc1cc(O[C@H](C)C(=O)N2CCC(c3[nH]nc4nccnc34)CC2)cc(C)c1Cl. The number of rotatable bonds is 4. The summed E-state index contributed by atoms with van der Waals surface area (Å²) in [6.07, 6.45) is 4.47. The summed E-state index contributed by atoms with van der Waals surface area (Å²) in [4.78, 5) is 23.4. The van der Waals surface area contributed by atoms with Gasteiger partial charge in [0, 0.05) is 36.4 Å². The lowest BCUT2D eigenvalue weighted by molar-refractivity contribution is -0.139. The summed E-state index contributed by atoms with van der Waals surface area (Å²) in [5.41, 5.74) is 4.35. The zero-order valence-corrected chi connectivity index (χ0v) is 17.5. The number of benzene rings is 1. The van der Waals surface area contributed by atoms with Crippen molar-refractivity contribution in [3.8, 4) is 5.75 Å². The highest BCUT2D eigenvalue weighted by Gasteiger charge is 2.29. The molecule has 7 nitrogen and oxygen atoms in total. The number of aryl methyl sites for hydroxylation is 2. The van der Waals surface area contributed by atoms with Gasteiger partial charge in [-0.1, -0.05) is 11.6 Å². The van der Waals surface area contributed by atoms with Gasteiger partial charge in [-0.25, -0.2) is 9.97 Å². The van der Waals surface area contributed by atoms with Gasteiger partial charge in [-0.15, -0.1) is 0 Å². The van der Waals surface area contributed by atoms with Crippen LogP contribution in [0.15, 0.2) is 24.5 Å². The topological polar surface area (TPSA) is 84.0 Å². The number of aromatic nitrogens is 4. The van der Waals surface area contributed by atoms with E-state index in [-0.39, 0.29) is 5.91 Å². The molecular weight excluding hydrogens is 390 g/mol. The van der Waals surface area contributed by atoms with E-state index >= 15 is 0 Å². The van der Waals surface area contributed by atoms with E-state index in [1.807, 2.05) is 30.9 Å². The number of carbonyl (C=O) groups excluding carboxylic acids is 1. The molecule has 3 aromatic rings. The average molecular weight is 414 g/mol. The highest BCUT2D eigenvalue weighted by Crippen LogP contribution is 2.31. The maximum absolute atomic E-state index is 12.9. The fourth-order valence-electron chi connectivity index (χ4n) is 3.93. The van der Waals surface area contributed by atoms with Crippen molar-refractivity contribution in [1.29, 1.82) is 0 Å². The zero-order valence-electron chi connectivity index (χ0n) is 16.8. The molecule has 0 radical (unpaired) electrons. The molecule has 1 aromatic carbocycles. The van der Waals surface area contributed by atoms with Gasteiger partial charge in [0.2, 0.25) is 0 Å². The fraction of sp³-hybridized carbons (Fsp3) is 0.429. The van der Waals surface area contributed by atoms with Crippen LogP contribution in [0.1, 0.15) is 42.5 Å². The van der Waals surface area contributed by atoms with Gasteiger partial charge in [-0.2, -0.15) is 5.10 Å². The third-order valence-electron chi connectivity index (χ3n) is 5.50. The van der Waals surface area contributed by atoms with Gasteiger partial charge in [0.05, 0.1) is 5.69 Å². The van der Waals surface area contributed by atoms with Crippen molar-refractivity contribution < 1.29 is 9.53 Å². The number of ether oxygens (including phenoxy) is 1. The second kappa shape index (κ2) is 7.99. The first-order chi connectivity index (χ1) is 13.9. The Morgan fingerprint density at radius 3 is 2.55 bits per heavy atom. The van der Waals surface area contributed by atoms with Crippen LogP contribution in [0.4, 0.5) is 0 Å². The molecule has 29 heavy (non-hydrogen) atoms. The van der Waals surface area contributed by atoms with Crippen molar-refractivity contribution in [3.05, 3.63) is 46.4 Å². The highest BCUT2D eigenvalue weighted by atomic mass is 35.5. The second-order valence-corrected chi connectivity index (χ2v) is 7.97. The highest BCUT2D eigenvalue weighted by molar-refractivity contribution is 6.32. The third kappa shape index (κ3) is 3.92. The van der Waals surface area contributed by atoms with Gasteiger partial charge in [-0.05, 0) is 56.9 Å². The Balaban J connectivity index is 1.38. The first kappa shape index (κ1) is 19.6. The van der Waals surface area contributed by atoms with Gasteiger partial charge >= 0.3 is 0 Å². The first-order valence-electron chi connectivity index (χ1n) is 9.81. The number of nitrogens with one attached hydrogen (secondary N) is 1. The predicted octanol–water partition coefficient (Wildman–Crippen LogP) is 3.80. The molecule has 1 saturated heterocycles. The molecule has 0 aliphatic carbocycles. The lowest BCUT2D eigenvalue weighted by Crippen LogP contribution is -2.44. The summed E-state index contributed by atoms with van der Waals surface area (Å²) >= 11 is 6.22. The lowest BCUT2D eigenvalue weighted by atomic mass is 9.93. The van der Waals surface area contributed by atoms with Crippen LogP contribution in [-0.4, -0.2) is 50.2 Å². The van der Waals surface area contributed by atoms with Crippen LogP contribution in [0.5, 0.6) is 5.75 Å². The monoisotopic (exact) mass is 413 g/mol. The van der Waals surface area contributed by atoms with Crippen LogP contribution in [0.25, 0.3) is 11.2 Å². The molecule has 1 aliphatic heterocycles. The largest absolute Gasteiger partial charge is 0.481 e. The molecule has 152 valence electrons. The molecule has 1 fully saturated rings. The second-order valence-electron chi connectivity index (χ2n) is 7.60. The summed E-state index contributed by atoms with van der Waals surface area (Å²) in [7, 11) is 0. The number of H-pyrrole nitrogens is 1. The number of nitrogens with zero attached hydrogens (tertiary/aromatic N) is 4. The molecule has 2 aromatic heterocycles. The molecule has 8 heteroatoms. The van der Waals surface area contributed by atoms with E-state index < -0.39 is 6.10 Å². The molecule has 1 aliphatic rings. The standard InChI is InChI=1S/C21H24ClN5O2/c1-12-10-16(11-13(2)17(12)22)29-14(3)21(28)27-8-4-15(5-9-27)18-19-20(26-25-18)24-7-6-23-19/h6-7,10-11,14-15H,4-5,8-9H2,1-3H3,(H,24,25,26)/t14-/m1/s1. The average Bonchev–Trinajstić information content (AvgIpc) is 3.15. The van der Waals surface area contributed by atoms with E-state index in [1.165, 1.54) is 0 Å². The number of aromatic amines is 1. The normalized spacial score (nSPS) is 16.2. The predicted molar refractivity (Wildman–Crippen MR) is 111 cm³/mol. The van der Waals surface area contributed by atoms with E-state index in [9.17, 15) is 4.79 Å². The number of fused-ring (bicyclic) bond motifs is 1.